The van der Waals surface area contributed by atoms with Crippen molar-refractivity contribution in [2.75, 3.05) is 31.1 Å². The number of piperazine rings is 1. The number of H-pyrrole nitrogens is 1. The topological polar surface area (TPSA) is 35.2 Å². The van der Waals surface area contributed by atoms with Crippen molar-refractivity contribution in [1.82, 2.24) is 14.9 Å². The van der Waals surface area contributed by atoms with E-state index in [9.17, 15) is 0 Å². The molecule has 0 aliphatic carbocycles. The van der Waals surface area contributed by atoms with Gasteiger partial charge in [-0.2, -0.15) is 0 Å². The van der Waals surface area contributed by atoms with E-state index in [2.05, 4.69) is 105 Å². The molecular weight excluding hydrogens is 424 g/mol. The maximum atomic E-state index is 4.82. The summed E-state index contributed by atoms with van der Waals surface area (Å²) >= 11 is 1.76. The molecule has 0 saturated carbocycles. The van der Waals surface area contributed by atoms with E-state index in [1.165, 1.54) is 21.7 Å². The summed E-state index contributed by atoms with van der Waals surface area (Å²) in [6.45, 7) is 5.33. The SMILES string of the molecule is c1ccc(CN2CCN(c3ccc(-c4nc5ccc(-c6cccs6)cc5[nH]4)cc3)CC2)cc1. The second-order valence-corrected chi connectivity index (χ2v) is 9.54. The van der Waals surface area contributed by atoms with Gasteiger partial charge in [0.2, 0.25) is 0 Å². The van der Waals surface area contributed by atoms with Crippen LogP contribution in [0.2, 0.25) is 0 Å². The zero-order valence-corrected chi connectivity index (χ0v) is 19.3. The Labute approximate surface area is 198 Å². The van der Waals surface area contributed by atoms with Crippen molar-refractivity contribution in [3.8, 4) is 21.8 Å². The average Bonchev–Trinajstić information content (AvgIpc) is 3.55. The van der Waals surface area contributed by atoms with Crippen molar-refractivity contribution in [2.24, 2.45) is 0 Å². The van der Waals surface area contributed by atoms with Crippen LogP contribution in [0.4, 0.5) is 5.69 Å². The summed E-state index contributed by atoms with van der Waals surface area (Å²) < 4.78 is 0. The Balaban J connectivity index is 1.14. The molecule has 1 fully saturated rings. The van der Waals surface area contributed by atoms with Gasteiger partial charge in [-0.15, -0.1) is 11.3 Å². The van der Waals surface area contributed by atoms with E-state index < -0.39 is 0 Å². The minimum absolute atomic E-state index is 0.924. The van der Waals surface area contributed by atoms with E-state index in [4.69, 9.17) is 4.98 Å². The number of nitrogens with one attached hydrogen (secondary N) is 1. The van der Waals surface area contributed by atoms with Crippen LogP contribution >= 0.6 is 11.3 Å². The first kappa shape index (κ1) is 20.2. The van der Waals surface area contributed by atoms with E-state index in [1.807, 2.05) is 0 Å². The lowest BCUT2D eigenvalue weighted by molar-refractivity contribution is 0.250. The molecule has 1 saturated heterocycles. The fraction of sp³-hybridized carbons (Fsp3) is 0.179. The Morgan fingerprint density at radius 2 is 1.58 bits per heavy atom. The minimum Gasteiger partial charge on any atom is -0.369 e. The molecule has 0 bridgehead atoms. The standard InChI is InChI=1S/C28H26N4S/c1-2-5-21(6-3-1)20-31-14-16-32(17-15-31)24-11-8-22(9-12-24)28-29-25-13-10-23(19-26(25)30-28)27-7-4-18-33-27/h1-13,18-19H,14-17,20H2,(H,29,30). The molecule has 0 atom stereocenters. The molecule has 5 heteroatoms. The fourth-order valence-corrected chi connectivity index (χ4v) is 5.30. The van der Waals surface area contributed by atoms with E-state index in [0.717, 1.165) is 55.1 Å². The number of nitrogens with zero attached hydrogens (tertiary/aromatic N) is 3. The minimum atomic E-state index is 0.924. The summed E-state index contributed by atoms with van der Waals surface area (Å²) in [6, 6.07) is 30.3. The Morgan fingerprint density at radius 3 is 2.33 bits per heavy atom. The number of aromatic amines is 1. The van der Waals surface area contributed by atoms with Gasteiger partial charge in [0, 0.05) is 48.9 Å². The lowest BCUT2D eigenvalue weighted by atomic mass is 10.1. The molecule has 0 radical (unpaired) electrons. The monoisotopic (exact) mass is 450 g/mol. The molecule has 164 valence electrons. The van der Waals surface area contributed by atoms with Crippen LogP contribution in [0.5, 0.6) is 0 Å². The van der Waals surface area contributed by atoms with Crippen LogP contribution in [0, 0.1) is 0 Å². The zero-order chi connectivity index (χ0) is 22.0. The molecule has 33 heavy (non-hydrogen) atoms. The molecule has 3 aromatic carbocycles. The van der Waals surface area contributed by atoms with Crippen molar-refractivity contribution < 1.29 is 0 Å². The van der Waals surface area contributed by atoms with Gasteiger partial charge in [-0.05, 0) is 59.0 Å². The Kier molecular flexibility index (Phi) is 5.42. The highest BCUT2D eigenvalue weighted by Gasteiger charge is 2.17. The number of fused-ring (bicyclic) bond motifs is 1. The molecule has 1 aliphatic heterocycles. The molecule has 5 aromatic rings. The van der Waals surface area contributed by atoms with E-state index in [1.54, 1.807) is 11.3 Å². The predicted octanol–water partition coefficient (Wildman–Crippen LogP) is 6.28. The molecule has 2 aromatic heterocycles. The number of aromatic nitrogens is 2. The maximum Gasteiger partial charge on any atom is 0.138 e. The first-order valence-electron chi connectivity index (χ1n) is 11.5. The Hall–Kier alpha value is -3.41. The summed E-state index contributed by atoms with van der Waals surface area (Å²) in [4.78, 5) is 14.6. The van der Waals surface area contributed by atoms with Gasteiger partial charge < -0.3 is 9.88 Å². The molecule has 4 nitrogen and oxygen atoms in total. The highest BCUT2D eigenvalue weighted by atomic mass is 32.1. The molecule has 0 amide bonds. The van der Waals surface area contributed by atoms with Gasteiger partial charge in [0.15, 0.2) is 0 Å². The van der Waals surface area contributed by atoms with Crippen molar-refractivity contribution in [2.45, 2.75) is 6.54 Å². The quantitative estimate of drug-likeness (QED) is 0.342. The van der Waals surface area contributed by atoms with Crippen LogP contribution in [-0.4, -0.2) is 41.0 Å². The van der Waals surface area contributed by atoms with Crippen LogP contribution < -0.4 is 4.90 Å². The number of rotatable bonds is 5. The fourth-order valence-electron chi connectivity index (χ4n) is 4.58. The van der Waals surface area contributed by atoms with E-state index >= 15 is 0 Å². The molecule has 1 N–H and O–H groups in total. The van der Waals surface area contributed by atoms with Gasteiger partial charge in [-0.1, -0.05) is 42.5 Å². The molecule has 0 unspecified atom stereocenters. The van der Waals surface area contributed by atoms with Crippen molar-refractivity contribution in [3.05, 3.63) is 95.9 Å². The van der Waals surface area contributed by atoms with Gasteiger partial charge in [0.25, 0.3) is 0 Å². The predicted molar refractivity (Wildman–Crippen MR) is 139 cm³/mol. The van der Waals surface area contributed by atoms with Gasteiger partial charge in [-0.3, -0.25) is 4.90 Å². The third-order valence-corrected chi connectivity index (χ3v) is 7.33. The Bertz CT molecular complexity index is 1330. The van der Waals surface area contributed by atoms with Gasteiger partial charge in [0.1, 0.15) is 5.82 Å². The van der Waals surface area contributed by atoms with Crippen LogP contribution in [0.3, 0.4) is 0 Å². The van der Waals surface area contributed by atoms with Crippen molar-refractivity contribution >= 4 is 28.1 Å². The highest BCUT2D eigenvalue weighted by Crippen LogP contribution is 2.29. The average molecular weight is 451 g/mol. The van der Waals surface area contributed by atoms with Crippen LogP contribution in [-0.2, 0) is 6.54 Å². The number of hydrogen-bond acceptors (Lipinski definition) is 4. The second kappa shape index (κ2) is 8.85. The lowest BCUT2D eigenvalue weighted by Crippen LogP contribution is -2.45. The number of anilines is 1. The second-order valence-electron chi connectivity index (χ2n) is 8.59. The molecular formula is C28H26N4S. The smallest absolute Gasteiger partial charge is 0.138 e. The van der Waals surface area contributed by atoms with Crippen molar-refractivity contribution in [1.29, 1.82) is 0 Å². The van der Waals surface area contributed by atoms with Crippen LogP contribution in [0.25, 0.3) is 32.9 Å². The zero-order valence-electron chi connectivity index (χ0n) is 18.4. The van der Waals surface area contributed by atoms with E-state index in [-0.39, 0.29) is 0 Å². The third-order valence-electron chi connectivity index (χ3n) is 6.41. The third kappa shape index (κ3) is 4.30. The van der Waals surface area contributed by atoms with Crippen LogP contribution in [0.1, 0.15) is 5.56 Å². The normalized spacial score (nSPS) is 14.7. The summed E-state index contributed by atoms with van der Waals surface area (Å²) in [5.74, 6) is 0.924. The lowest BCUT2D eigenvalue weighted by Gasteiger charge is -2.36. The Morgan fingerprint density at radius 1 is 0.788 bits per heavy atom. The highest BCUT2D eigenvalue weighted by molar-refractivity contribution is 7.13. The first-order chi connectivity index (χ1) is 16.3. The summed E-state index contributed by atoms with van der Waals surface area (Å²) in [5.41, 5.74) is 7.11. The van der Waals surface area contributed by atoms with Gasteiger partial charge >= 0.3 is 0 Å². The molecule has 3 heterocycles. The first-order valence-corrected chi connectivity index (χ1v) is 12.4. The number of hydrogen-bond donors (Lipinski definition) is 1. The summed E-state index contributed by atoms with van der Waals surface area (Å²) in [5, 5.41) is 2.11. The molecule has 6 rings (SSSR count). The summed E-state index contributed by atoms with van der Waals surface area (Å²) in [6.07, 6.45) is 0. The number of thiophene rings is 1. The summed E-state index contributed by atoms with van der Waals surface area (Å²) in [7, 11) is 0. The van der Waals surface area contributed by atoms with E-state index in [0.29, 0.717) is 0 Å². The van der Waals surface area contributed by atoms with Crippen LogP contribution in [0.15, 0.2) is 90.3 Å². The number of imidazole rings is 1. The number of benzene rings is 3. The largest absolute Gasteiger partial charge is 0.369 e. The van der Waals surface area contributed by atoms with Gasteiger partial charge in [-0.25, -0.2) is 4.98 Å². The van der Waals surface area contributed by atoms with Gasteiger partial charge in [0.05, 0.1) is 11.0 Å². The molecule has 1 aliphatic rings. The van der Waals surface area contributed by atoms with Crippen molar-refractivity contribution in [3.63, 3.8) is 0 Å². The molecule has 0 spiro atoms. The maximum absolute atomic E-state index is 4.82.